The third-order valence-corrected chi connectivity index (χ3v) is 7.55. The van der Waals surface area contributed by atoms with Crippen LogP contribution in [-0.4, -0.2) is 35.4 Å². The lowest BCUT2D eigenvalue weighted by Gasteiger charge is -2.06. The molecule has 0 aromatic carbocycles. The van der Waals surface area contributed by atoms with E-state index in [-0.39, 0.29) is 5.97 Å². The van der Waals surface area contributed by atoms with Gasteiger partial charge in [0.1, 0.15) is 11.5 Å². The second kappa shape index (κ2) is 16.8. The number of hydrogen-bond acceptors (Lipinski definition) is 4. The summed E-state index contributed by atoms with van der Waals surface area (Å²) in [4.78, 5) is 24.1. The Morgan fingerprint density at radius 2 is 1.54 bits per heavy atom. The topological polar surface area (TPSA) is 79.5 Å². The molecule has 1 aliphatic rings. The number of aliphatic imine (C=N–C) groups is 1. The van der Waals surface area contributed by atoms with Crippen LogP contribution < -0.4 is 0 Å². The maximum atomic E-state index is 12.9. The van der Waals surface area contributed by atoms with Gasteiger partial charge in [0.15, 0.2) is 0 Å². The summed E-state index contributed by atoms with van der Waals surface area (Å²) >= 11 is 0. The van der Waals surface area contributed by atoms with Crippen LogP contribution in [0, 0.1) is 13.8 Å². The molecule has 39 heavy (non-hydrogen) atoms. The van der Waals surface area contributed by atoms with E-state index in [1.807, 2.05) is 44.3 Å². The smallest absolute Gasteiger partial charge is 0.340 e. The molecule has 2 aromatic rings. The molecule has 6 heteroatoms. The molecule has 0 amide bonds. The number of unbranched alkanes of at least 4 members (excludes halogenated alkanes) is 13. The van der Waals surface area contributed by atoms with Crippen LogP contribution in [0.15, 0.2) is 40.9 Å². The Labute approximate surface area is 235 Å². The van der Waals surface area contributed by atoms with Crippen LogP contribution in [0.5, 0.6) is 0 Å². The van der Waals surface area contributed by atoms with Crippen molar-refractivity contribution in [2.24, 2.45) is 4.99 Å². The van der Waals surface area contributed by atoms with Crippen molar-refractivity contribution in [1.29, 1.82) is 0 Å². The summed E-state index contributed by atoms with van der Waals surface area (Å²) in [6, 6.07) is 3.91. The van der Waals surface area contributed by atoms with Crippen molar-refractivity contribution >= 4 is 17.8 Å². The van der Waals surface area contributed by atoms with Gasteiger partial charge in [-0.25, -0.2) is 9.79 Å². The summed E-state index contributed by atoms with van der Waals surface area (Å²) in [7, 11) is 1.64. The Kier molecular flexibility index (Phi) is 13.2. The summed E-state index contributed by atoms with van der Waals surface area (Å²) in [6.07, 6.45) is 24.1. The first kappa shape index (κ1) is 30.5. The molecule has 0 bridgehead atoms. The molecule has 2 aromatic heterocycles. The van der Waals surface area contributed by atoms with Gasteiger partial charge in [-0.1, -0.05) is 90.4 Å². The zero-order chi connectivity index (χ0) is 27.9. The highest BCUT2D eigenvalue weighted by molar-refractivity contribution is 6.11. The highest BCUT2D eigenvalue weighted by atomic mass is 16.5. The average molecular weight is 536 g/mol. The van der Waals surface area contributed by atoms with Crippen LogP contribution in [0.3, 0.4) is 0 Å². The second-order valence-electron chi connectivity index (χ2n) is 10.7. The number of aromatic amines is 2. The van der Waals surface area contributed by atoms with Gasteiger partial charge in [-0.3, -0.25) is 0 Å². The first-order chi connectivity index (χ1) is 19.0. The molecule has 0 spiro atoms. The summed E-state index contributed by atoms with van der Waals surface area (Å²) in [5.74, 6) is 0.429. The lowest BCUT2D eigenvalue weighted by atomic mass is 10.0. The van der Waals surface area contributed by atoms with Gasteiger partial charge < -0.3 is 19.4 Å². The van der Waals surface area contributed by atoms with E-state index >= 15 is 0 Å². The number of nitrogens with one attached hydrogen (secondary N) is 2. The third-order valence-electron chi connectivity index (χ3n) is 7.55. The van der Waals surface area contributed by atoms with Crippen molar-refractivity contribution in [1.82, 2.24) is 9.97 Å². The fourth-order valence-electron chi connectivity index (χ4n) is 5.20. The van der Waals surface area contributed by atoms with Gasteiger partial charge >= 0.3 is 5.97 Å². The van der Waals surface area contributed by atoms with Crippen LogP contribution >= 0.6 is 0 Å². The number of hydrogen-bond donors (Lipinski definition) is 2. The molecule has 2 N–H and O–H groups in total. The van der Waals surface area contributed by atoms with E-state index in [1.165, 1.54) is 77.0 Å². The van der Waals surface area contributed by atoms with Crippen molar-refractivity contribution in [2.45, 2.75) is 111 Å². The fourth-order valence-corrected chi connectivity index (χ4v) is 5.20. The number of nitrogens with zero attached hydrogens (tertiary/aromatic N) is 1. The zero-order valence-electron chi connectivity index (χ0n) is 24.7. The molecular formula is C33H49N3O3. The standard InChI is InChI=1S/C33H49N3O3/c1-5-6-7-8-9-10-11-12-13-14-15-16-17-18-22-39-33(37)32-25(2)28(35-26(32)3)23-30-31(38-4)24-29(36-30)27-20-19-21-34-27/h19-21,23-24,34-35H,5-18,22H2,1-4H3/b30-23-. The number of esters is 1. The van der Waals surface area contributed by atoms with Gasteiger partial charge in [-0.2, -0.15) is 0 Å². The van der Waals surface area contributed by atoms with Gasteiger partial charge in [0.2, 0.25) is 0 Å². The molecular weight excluding hydrogens is 486 g/mol. The number of carbonyl (C=O) groups is 1. The molecule has 6 nitrogen and oxygen atoms in total. The molecule has 214 valence electrons. The largest absolute Gasteiger partial charge is 0.494 e. The van der Waals surface area contributed by atoms with E-state index < -0.39 is 0 Å². The Bertz CT molecular complexity index is 1110. The predicted octanol–water partition coefficient (Wildman–Crippen LogP) is 8.97. The SMILES string of the molecule is CCCCCCCCCCCCCCCCOC(=O)c1c(C)[nH]c(/C=C2\N=C(c3ccc[nH]3)C=C2OC)c1C. The summed E-state index contributed by atoms with van der Waals surface area (Å²) < 4.78 is 11.2. The van der Waals surface area contributed by atoms with Crippen LogP contribution in [0.2, 0.25) is 0 Å². The molecule has 3 rings (SSSR count). The van der Waals surface area contributed by atoms with Crippen molar-refractivity contribution < 1.29 is 14.3 Å². The van der Waals surface area contributed by atoms with Gasteiger partial charge in [-0.15, -0.1) is 0 Å². The number of ether oxygens (including phenoxy) is 2. The van der Waals surface area contributed by atoms with Crippen LogP contribution in [0.4, 0.5) is 0 Å². The molecule has 0 aliphatic carbocycles. The Morgan fingerprint density at radius 1 is 0.923 bits per heavy atom. The van der Waals surface area contributed by atoms with E-state index in [9.17, 15) is 4.79 Å². The minimum Gasteiger partial charge on any atom is -0.494 e. The van der Waals surface area contributed by atoms with Crippen LogP contribution in [-0.2, 0) is 9.47 Å². The first-order valence-electron chi connectivity index (χ1n) is 15.1. The van der Waals surface area contributed by atoms with Crippen molar-refractivity contribution in [3.63, 3.8) is 0 Å². The molecule has 3 heterocycles. The number of allylic oxidation sites excluding steroid dienone is 1. The quantitative estimate of drug-likeness (QED) is 0.139. The molecule has 0 atom stereocenters. The predicted molar refractivity (Wildman–Crippen MR) is 161 cm³/mol. The van der Waals surface area contributed by atoms with Crippen molar-refractivity contribution in [2.75, 3.05) is 13.7 Å². The Balaban J connectivity index is 1.35. The lowest BCUT2D eigenvalue weighted by molar-refractivity contribution is 0.0496. The molecule has 0 saturated carbocycles. The Morgan fingerprint density at radius 3 is 2.10 bits per heavy atom. The number of rotatable bonds is 19. The number of methoxy groups -OCH3 is 1. The third kappa shape index (κ3) is 9.59. The fraction of sp³-hybridized carbons (Fsp3) is 0.576. The van der Waals surface area contributed by atoms with Gasteiger partial charge in [0.25, 0.3) is 0 Å². The van der Waals surface area contributed by atoms with Crippen molar-refractivity contribution in [3.8, 4) is 0 Å². The summed E-state index contributed by atoms with van der Waals surface area (Å²) in [6.45, 7) is 6.60. The van der Waals surface area contributed by atoms with Crippen LogP contribution in [0.1, 0.15) is 130 Å². The maximum Gasteiger partial charge on any atom is 0.340 e. The number of carbonyl (C=O) groups excluding carboxylic acids is 1. The van der Waals surface area contributed by atoms with Crippen LogP contribution in [0.25, 0.3) is 6.08 Å². The maximum absolute atomic E-state index is 12.9. The molecule has 1 aliphatic heterocycles. The molecule has 0 radical (unpaired) electrons. The minimum atomic E-state index is -0.259. The highest BCUT2D eigenvalue weighted by Gasteiger charge is 2.21. The first-order valence-corrected chi connectivity index (χ1v) is 15.1. The minimum absolute atomic E-state index is 0.259. The summed E-state index contributed by atoms with van der Waals surface area (Å²) in [5.41, 5.74) is 5.59. The number of aromatic nitrogens is 2. The van der Waals surface area contributed by atoms with Gasteiger partial charge in [0, 0.05) is 23.7 Å². The summed E-state index contributed by atoms with van der Waals surface area (Å²) in [5, 5.41) is 0. The normalized spacial score (nSPS) is 14.1. The monoisotopic (exact) mass is 535 g/mol. The van der Waals surface area contributed by atoms with E-state index in [1.54, 1.807) is 7.11 Å². The average Bonchev–Trinajstić information content (AvgIpc) is 3.66. The van der Waals surface area contributed by atoms with E-state index in [0.717, 1.165) is 41.2 Å². The van der Waals surface area contributed by atoms with E-state index in [4.69, 9.17) is 14.5 Å². The van der Waals surface area contributed by atoms with Gasteiger partial charge in [-0.05, 0) is 44.0 Å². The number of aryl methyl sites for hydroxylation is 1. The lowest BCUT2D eigenvalue weighted by Crippen LogP contribution is -2.08. The van der Waals surface area contributed by atoms with E-state index in [0.29, 0.717) is 23.6 Å². The molecule has 0 fully saturated rings. The van der Waals surface area contributed by atoms with E-state index in [2.05, 4.69) is 16.9 Å². The van der Waals surface area contributed by atoms with Crippen molar-refractivity contribution in [3.05, 3.63) is 64.1 Å². The zero-order valence-corrected chi connectivity index (χ0v) is 24.7. The number of H-pyrrole nitrogens is 2. The molecule has 0 saturated heterocycles. The molecule has 0 unspecified atom stereocenters. The second-order valence-corrected chi connectivity index (χ2v) is 10.7. The van der Waals surface area contributed by atoms with Gasteiger partial charge in [0.05, 0.1) is 30.7 Å². The Hall–Kier alpha value is -3.02. The highest BCUT2D eigenvalue weighted by Crippen LogP contribution is 2.27.